The van der Waals surface area contributed by atoms with E-state index in [1.807, 2.05) is 0 Å². The van der Waals surface area contributed by atoms with Crippen molar-refractivity contribution in [1.29, 1.82) is 5.26 Å². The second-order valence-electron chi connectivity index (χ2n) is 6.97. The highest BCUT2D eigenvalue weighted by Crippen LogP contribution is 2.53. The first-order chi connectivity index (χ1) is 13.8. The summed E-state index contributed by atoms with van der Waals surface area (Å²) in [4.78, 5) is 39.1. The van der Waals surface area contributed by atoms with Crippen LogP contribution in [0.15, 0.2) is 48.2 Å². The molecule has 1 amide bonds. The van der Waals surface area contributed by atoms with Gasteiger partial charge in [-0.1, -0.05) is 35.9 Å². The number of fused-ring (bicyclic) bond motifs is 1. The van der Waals surface area contributed by atoms with Crippen molar-refractivity contribution in [3.8, 4) is 6.07 Å². The number of carbonyl (C=O) groups is 3. The third-order valence-corrected chi connectivity index (χ3v) is 5.64. The van der Waals surface area contributed by atoms with Crippen LogP contribution in [0.3, 0.4) is 0 Å². The molecule has 3 rings (SSSR count). The molecule has 0 spiro atoms. The van der Waals surface area contributed by atoms with Crippen LogP contribution >= 0.6 is 11.6 Å². The smallest absolute Gasteiger partial charge is 0.329 e. The van der Waals surface area contributed by atoms with Gasteiger partial charge in [-0.3, -0.25) is 14.4 Å². The van der Waals surface area contributed by atoms with Crippen molar-refractivity contribution in [2.75, 3.05) is 6.61 Å². The standard InChI is InChI=1S/C21H20ClN3O4/c1-3-29-20(28)21(11-23)16-9-6-14(12(2)26)10-25(16)18(19(24)27)17(21)13-4-7-15(22)8-5-13/h4-10,16-18H,3H2,1-2H3,(H2,24,27)/t16-,17-,18+,21+/m0/s1. The summed E-state index contributed by atoms with van der Waals surface area (Å²) in [6.07, 6.45) is 4.63. The van der Waals surface area contributed by atoms with Crippen molar-refractivity contribution in [2.45, 2.75) is 31.8 Å². The Morgan fingerprint density at radius 1 is 1.31 bits per heavy atom. The predicted octanol–water partition coefficient (Wildman–Crippen LogP) is 2.08. The van der Waals surface area contributed by atoms with Crippen LogP contribution in [0, 0.1) is 16.7 Å². The van der Waals surface area contributed by atoms with E-state index in [1.54, 1.807) is 43.3 Å². The largest absolute Gasteiger partial charge is 0.465 e. The first-order valence-electron chi connectivity index (χ1n) is 9.09. The summed E-state index contributed by atoms with van der Waals surface area (Å²) in [5, 5.41) is 10.7. The van der Waals surface area contributed by atoms with Gasteiger partial charge in [-0.05, 0) is 31.5 Å². The molecule has 2 aliphatic rings. The van der Waals surface area contributed by atoms with Crippen LogP contribution in [0.4, 0.5) is 0 Å². The summed E-state index contributed by atoms with van der Waals surface area (Å²) < 4.78 is 5.26. The minimum atomic E-state index is -1.74. The number of carbonyl (C=O) groups excluding carboxylic acids is 3. The van der Waals surface area contributed by atoms with Crippen LogP contribution in [0.5, 0.6) is 0 Å². The molecule has 0 radical (unpaired) electrons. The zero-order chi connectivity index (χ0) is 21.3. The van der Waals surface area contributed by atoms with Crippen molar-refractivity contribution < 1.29 is 19.1 Å². The van der Waals surface area contributed by atoms with Crippen LogP contribution in [0.2, 0.25) is 5.02 Å². The van der Waals surface area contributed by atoms with E-state index < -0.39 is 35.3 Å². The van der Waals surface area contributed by atoms with Gasteiger partial charge < -0.3 is 15.4 Å². The summed E-state index contributed by atoms with van der Waals surface area (Å²) in [7, 11) is 0. The van der Waals surface area contributed by atoms with Crippen molar-refractivity contribution >= 4 is 29.3 Å². The van der Waals surface area contributed by atoms with Crippen molar-refractivity contribution in [2.24, 2.45) is 11.1 Å². The number of ether oxygens (including phenoxy) is 1. The molecule has 0 aliphatic carbocycles. The summed E-state index contributed by atoms with van der Waals surface area (Å²) >= 11 is 5.99. The molecule has 1 aromatic rings. The quantitative estimate of drug-likeness (QED) is 0.739. The maximum Gasteiger partial charge on any atom is 0.329 e. The number of ketones is 1. The average molecular weight is 414 g/mol. The highest BCUT2D eigenvalue weighted by molar-refractivity contribution is 6.30. The van der Waals surface area contributed by atoms with E-state index in [2.05, 4.69) is 6.07 Å². The lowest BCUT2D eigenvalue weighted by Crippen LogP contribution is -2.45. The second-order valence-corrected chi connectivity index (χ2v) is 7.41. The SMILES string of the molecule is CCOC(=O)[C@]1(C#N)[C@@H]2C=CC(C(C)=O)=CN2[C@@H](C(N)=O)[C@@H]1c1ccc(Cl)cc1. The third-order valence-electron chi connectivity index (χ3n) is 5.39. The highest BCUT2D eigenvalue weighted by Gasteiger charge is 2.66. The number of amides is 1. The van der Waals surface area contributed by atoms with Crippen LogP contribution in [0.25, 0.3) is 0 Å². The molecule has 150 valence electrons. The van der Waals surface area contributed by atoms with E-state index in [-0.39, 0.29) is 12.4 Å². The monoisotopic (exact) mass is 413 g/mol. The number of esters is 1. The van der Waals surface area contributed by atoms with Gasteiger partial charge in [0.15, 0.2) is 11.2 Å². The van der Waals surface area contributed by atoms with Gasteiger partial charge in [0.25, 0.3) is 0 Å². The molecule has 1 aromatic carbocycles. The average Bonchev–Trinajstić information content (AvgIpc) is 2.99. The van der Waals surface area contributed by atoms with E-state index in [4.69, 9.17) is 22.1 Å². The molecule has 2 N–H and O–H groups in total. The fourth-order valence-electron chi connectivity index (χ4n) is 4.14. The van der Waals surface area contributed by atoms with Crippen LogP contribution in [-0.2, 0) is 19.1 Å². The zero-order valence-electron chi connectivity index (χ0n) is 16.0. The fraction of sp³-hybridized carbons (Fsp3) is 0.333. The second kappa shape index (κ2) is 7.72. The van der Waals surface area contributed by atoms with Crippen LogP contribution in [-0.4, -0.2) is 41.3 Å². The molecular formula is C21H20ClN3O4. The lowest BCUT2D eigenvalue weighted by molar-refractivity contribution is -0.153. The van der Waals surface area contributed by atoms with Crippen molar-refractivity contribution in [1.82, 2.24) is 4.90 Å². The Morgan fingerprint density at radius 3 is 2.48 bits per heavy atom. The lowest BCUT2D eigenvalue weighted by Gasteiger charge is -2.32. The number of allylic oxidation sites excluding steroid dienone is 2. The summed E-state index contributed by atoms with van der Waals surface area (Å²) in [5.74, 6) is -2.59. The number of nitrogens with two attached hydrogens (primary N) is 1. The Hall–Kier alpha value is -3.11. The molecule has 8 heteroatoms. The van der Waals surface area contributed by atoms with E-state index >= 15 is 0 Å². The first-order valence-corrected chi connectivity index (χ1v) is 9.47. The van der Waals surface area contributed by atoms with E-state index in [1.165, 1.54) is 18.0 Å². The Labute approximate surface area is 173 Å². The number of primary amides is 1. The minimum Gasteiger partial charge on any atom is -0.465 e. The van der Waals surface area contributed by atoms with Gasteiger partial charge in [-0.25, -0.2) is 0 Å². The maximum atomic E-state index is 13.1. The van der Waals surface area contributed by atoms with Crippen LogP contribution < -0.4 is 5.73 Å². The summed E-state index contributed by atoms with van der Waals surface area (Å²) in [6.45, 7) is 3.11. The maximum absolute atomic E-state index is 13.1. The summed E-state index contributed by atoms with van der Waals surface area (Å²) in [5.41, 5.74) is 4.89. The molecule has 2 aliphatic heterocycles. The van der Waals surface area contributed by atoms with Gasteiger partial charge in [-0.15, -0.1) is 0 Å². The number of hydrogen-bond donors (Lipinski definition) is 1. The Balaban J connectivity index is 2.28. The number of halogens is 1. The molecule has 2 heterocycles. The van der Waals surface area contributed by atoms with E-state index in [9.17, 15) is 19.6 Å². The summed E-state index contributed by atoms with van der Waals surface area (Å²) in [6, 6.07) is 6.82. The molecule has 0 aromatic heterocycles. The third kappa shape index (κ3) is 3.19. The van der Waals surface area contributed by atoms with Crippen molar-refractivity contribution in [3.63, 3.8) is 0 Å². The highest BCUT2D eigenvalue weighted by atomic mass is 35.5. The number of Topliss-reactive ketones (excluding diaryl/α,β-unsaturated/α-hetero) is 1. The van der Waals surface area contributed by atoms with Gasteiger partial charge >= 0.3 is 5.97 Å². The number of benzene rings is 1. The number of rotatable bonds is 5. The molecule has 0 saturated carbocycles. The molecule has 29 heavy (non-hydrogen) atoms. The molecule has 0 bridgehead atoms. The molecule has 0 unspecified atom stereocenters. The minimum absolute atomic E-state index is 0.0712. The topological polar surface area (TPSA) is 113 Å². The number of nitriles is 1. The molecule has 1 saturated heterocycles. The van der Waals surface area contributed by atoms with Gasteiger partial charge in [0.05, 0.1) is 18.7 Å². The normalized spacial score (nSPS) is 27.6. The Morgan fingerprint density at radius 2 is 1.97 bits per heavy atom. The number of hydrogen-bond acceptors (Lipinski definition) is 6. The van der Waals surface area contributed by atoms with E-state index in [0.29, 0.717) is 16.2 Å². The molecule has 4 atom stereocenters. The van der Waals surface area contributed by atoms with Gasteiger partial charge in [0.1, 0.15) is 6.04 Å². The lowest BCUT2D eigenvalue weighted by atomic mass is 9.68. The first kappa shape index (κ1) is 20.6. The molecular weight excluding hydrogens is 394 g/mol. The molecule has 1 fully saturated rings. The van der Waals surface area contributed by atoms with Gasteiger partial charge in [0, 0.05) is 22.7 Å². The Kier molecular flexibility index (Phi) is 5.49. The van der Waals surface area contributed by atoms with E-state index in [0.717, 1.165) is 0 Å². The predicted molar refractivity (Wildman–Crippen MR) is 105 cm³/mol. The Bertz CT molecular complexity index is 963. The van der Waals surface area contributed by atoms with Gasteiger partial charge in [0.2, 0.25) is 5.91 Å². The van der Waals surface area contributed by atoms with Gasteiger partial charge in [-0.2, -0.15) is 5.26 Å². The number of nitrogens with zero attached hydrogens (tertiary/aromatic N) is 2. The van der Waals surface area contributed by atoms with Crippen molar-refractivity contribution in [3.05, 3.63) is 58.8 Å². The zero-order valence-corrected chi connectivity index (χ0v) is 16.7. The molecule has 7 nitrogen and oxygen atoms in total. The van der Waals surface area contributed by atoms with Crippen LogP contribution in [0.1, 0.15) is 25.3 Å². The fourth-order valence-corrected chi connectivity index (χ4v) is 4.26.